The Bertz CT molecular complexity index is 989. The lowest BCUT2D eigenvalue weighted by atomic mass is 9.93. The van der Waals surface area contributed by atoms with Crippen molar-refractivity contribution in [2.45, 2.75) is 90.3 Å². The first-order valence-corrected chi connectivity index (χ1v) is 15.7. The molecule has 7 nitrogen and oxygen atoms in total. The Kier molecular flexibility index (Phi) is 7.91. The average molecular weight is 515 g/mol. The molecule has 0 saturated carbocycles. The Morgan fingerprint density at radius 1 is 1.11 bits per heavy atom. The van der Waals surface area contributed by atoms with Gasteiger partial charge in [-0.1, -0.05) is 39.0 Å². The average Bonchev–Trinajstić information content (AvgIpc) is 3.26. The van der Waals surface area contributed by atoms with Gasteiger partial charge in [-0.3, -0.25) is 14.5 Å². The molecule has 0 N–H and O–H groups in total. The van der Waals surface area contributed by atoms with Crippen LogP contribution in [0.5, 0.6) is 0 Å². The second-order valence-electron chi connectivity index (χ2n) is 12.4. The summed E-state index contributed by atoms with van der Waals surface area (Å²) in [5.41, 5.74) is 0.262. The van der Waals surface area contributed by atoms with Crippen molar-refractivity contribution >= 4 is 26.2 Å². The Hall–Kier alpha value is -2.45. The van der Waals surface area contributed by atoms with Crippen LogP contribution < -0.4 is 0 Å². The molecule has 0 spiro atoms. The summed E-state index contributed by atoms with van der Waals surface area (Å²) in [5.74, 6) is -0.671. The van der Waals surface area contributed by atoms with E-state index in [0.29, 0.717) is 30.5 Å². The van der Waals surface area contributed by atoms with Crippen molar-refractivity contribution in [1.29, 1.82) is 0 Å². The zero-order chi connectivity index (χ0) is 27.1. The molecule has 3 atom stereocenters. The number of nitrogens with zero attached hydrogens (tertiary/aromatic N) is 2. The van der Waals surface area contributed by atoms with E-state index in [9.17, 15) is 14.4 Å². The fraction of sp³-hybridized carbons (Fsp3) is 0.607. The summed E-state index contributed by atoms with van der Waals surface area (Å²) in [6, 6.07) is 6.71. The van der Waals surface area contributed by atoms with Crippen molar-refractivity contribution in [2.24, 2.45) is 5.92 Å². The van der Waals surface area contributed by atoms with Crippen molar-refractivity contribution < 1.29 is 23.5 Å². The van der Waals surface area contributed by atoms with E-state index in [1.165, 1.54) is 4.90 Å². The number of benzene rings is 1. The zero-order valence-electron chi connectivity index (χ0n) is 23.1. The number of hydrogen-bond donors (Lipinski definition) is 0. The van der Waals surface area contributed by atoms with Gasteiger partial charge in [0.2, 0.25) is 0 Å². The van der Waals surface area contributed by atoms with Crippen LogP contribution in [0.25, 0.3) is 0 Å². The quantitative estimate of drug-likeness (QED) is 0.258. The molecule has 1 aromatic carbocycles. The van der Waals surface area contributed by atoms with Crippen LogP contribution in [-0.4, -0.2) is 66.9 Å². The van der Waals surface area contributed by atoms with E-state index in [1.807, 2.05) is 26.8 Å². The smallest absolute Gasteiger partial charge is 0.410 e. The maximum atomic E-state index is 13.2. The molecule has 36 heavy (non-hydrogen) atoms. The van der Waals surface area contributed by atoms with Gasteiger partial charge in [0.15, 0.2) is 8.32 Å². The lowest BCUT2D eigenvalue weighted by Gasteiger charge is -2.38. The highest BCUT2D eigenvalue weighted by Crippen LogP contribution is 2.40. The SMILES string of the molecule is C=CC(CCN1C(=O)c2ccccc2C1=O)C1CC(O[Si](C)(C)C(C)(C)C)CN1C(=O)OC(C)(C)C. The van der Waals surface area contributed by atoms with Crippen molar-refractivity contribution in [3.05, 3.63) is 48.0 Å². The van der Waals surface area contributed by atoms with Crippen LogP contribution >= 0.6 is 0 Å². The number of imide groups is 1. The predicted molar refractivity (Wildman–Crippen MR) is 144 cm³/mol. The van der Waals surface area contributed by atoms with Gasteiger partial charge in [-0.2, -0.15) is 0 Å². The minimum atomic E-state index is -2.05. The van der Waals surface area contributed by atoms with Crippen LogP contribution in [0.15, 0.2) is 36.9 Å². The number of likely N-dealkylation sites (tertiary alicyclic amines) is 1. The van der Waals surface area contributed by atoms with E-state index in [0.717, 1.165) is 0 Å². The highest BCUT2D eigenvalue weighted by molar-refractivity contribution is 6.74. The molecule has 1 fully saturated rings. The number of ether oxygens (including phenoxy) is 1. The highest BCUT2D eigenvalue weighted by Gasteiger charge is 2.46. The normalized spacial score (nSPS) is 21.6. The fourth-order valence-corrected chi connectivity index (χ4v) is 5.99. The van der Waals surface area contributed by atoms with E-state index in [2.05, 4.69) is 40.4 Å². The van der Waals surface area contributed by atoms with Crippen LogP contribution in [0.3, 0.4) is 0 Å². The minimum absolute atomic E-state index is 0.0468. The first-order chi connectivity index (χ1) is 16.6. The first-order valence-electron chi connectivity index (χ1n) is 12.8. The zero-order valence-corrected chi connectivity index (χ0v) is 24.1. The summed E-state index contributed by atoms with van der Waals surface area (Å²) >= 11 is 0. The number of carbonyl (C=O) groups is 3. The van der Waals surface area contributed by atoms with Crippen molar-refractivity contribution in [2.75, 3.05) is 13.1 Å². The second-order valence-corrected chi connectivity index (χ2v) is 17.2. The molecule has 1 aromatic rings. The molecular formula is C28H42N2O5Si. The Morgan fingerprint density at radius 2 is 1.67 bits per heavy atom. The number of hydrogen-bond acceptors (Lipinski definition) is 5. The summed E-state index contributed by atoms with van der Waals surface area (Å²) in [4.78, 5) is 42.0. The van der Waals surface area contributed by atoms with E-state index >= 15 is 0 Å². The van der Waals surface area contributed by atoms with Gasteiger partial charge in [-0.05, 0) is 69.8 Å². The third-order valence-corrected chi connectivity index (χ3v) is 12.1. The molecule has 0 aliphatic carbocycles. The largest absolute Gasteiger partial charge is 0.444 e. The van der Waals surface area contributed by atoms with Gasteiger partial charge in [-0.15, -0.1) is 6.58 Å². The molecule has 2 aliphatic rings. The molecule has 2 aliphatic heterocycles. The van der Waals surface area contributed by atoms with Gasteiger partial charge in [0.25, 0.3) is 11.8 Å². The topological polar surface area (TPSA) is 76.2 Å². The maximum Gasteiger partial charge on any atom is 0.410 e. The Labute approximate surface area is 216 Å². The fourth-order valence-electron chi connectivity index (χ4n) is 4.63. The molecular weight excluding hydrogens is 472 g/mol. The Balaban J connectivity index is 1.78. The van der Waals surface area contributed by atoms with Gasteiger partial charge >= 0.3 is 6.09 Å². The van der Waals surface area contributed by atoms with Crippen molar-refractivity contribution in [3.63, 3.8) is 0 Å². The molecule has 8 heteroatoms. The van der Waals surface area contributed by atoms with Gasteiger partial charge in [0.1, 0.15) is 5.60 Å². The second kappa shape index (κ2) is 10.1. The van der Waals surface area contributed by atoms with Crippen molar-refractivity contribution in [1.82, 2.24) is 9.80 Å². The summed E-state index contributed by atoms with van der Waals surface area (Å²) in [6.07, 6.45) is 2.51. The first kappa shape index (κ1) is 28.1. The Morgan fingerprint density at radius 3 is 2.14 bits per heavy atom. The third-order valence-electron chi connectivity index (χ3n) is 7.56. The molecule has 1 saturated heterocycles. The van der Waals surface area contributed by atoms with E-state index < -0.39 is 13.9 Å². The standard InChI is InChI=1S/C28H42N2O5Si/c1-10-19(15-16-29-24(31)21-13-11-12-14-22(21)25(29)32)23-17-20(35-36(8,9)28(5,6)7)18-30(23)26(33)34-27(2,3)4/h10-14,19-20,23H,1,15-18H2,2-9H3. The van der Waals surface area contributed by atoms with Gasteiger partial charge in [0.05, 0.1) is 17.2 Å². The van der Waals surface area contributed by atoms with Crippen molar-refractivity contribution in [3.8, 4) is 0 Å². The summed E-state index contributed by atoms with van der Waals surface area (Å²) < 4.78 is 12.4. The lowest BCUT2D eigenvalue weighted by Crippen LogP contribution is -2.45. The lowest BCUT2D eigenvalue weighted by molar-refractivity contribution is 0.0173. The third kappa shape index (κ3) is 5.91. The van der Waals surface area contributed by atoms with E-state index in [-0.39, 0.29) is 47.6 Å². The summed E-state index contributed by atoms with van der Waals surface area (Å²) in [5, 5.41) is 0.0468. The molecule has 3 rings (SSSR count). The van der Waals surface area contributed by atoms with E-state index in [4.69, 9.17) is 9.16 Å². The molecule has 198 valence electrons. The molecule has 0 radical (unpaired) electrons. The van der Waals surface area contributed by atoms with Crippen LogP contribution in [0.1, 0.15) is 75.1 Å². The maximum absolute atomic E-state index is 13.2. The number of rotatable bonds is 7. The van der Waals surface area contributed by atoms with Gasteiger partial charge < -0.3 is 14.1 Å². The van der Waals surface area contributed by atoms with Crippen LogP contribution in [-0.2, 0) is 9.16 Å². The number of fused-ring (bicyclic) bond motifs is 1. The molecule has 0 aromatic heterocycles. The summed E-state index contributed by atoms with van der Waals surface area (Å²) in [6.45, 7) is 21.3. The van der Waals surface area contributed by atoms with Crippen LogP contribution in [0.2, 0.25) is 18.1 Å². The number of carbonyl (C=O) groups excluding carboxylic acids is 3. The van der Waals surface area contributed by atoms with Gasteiger partial charge in [-0.25, -0.2) is 4.79 Å². The highest BCUT2D eigenvalue weighted by atomic mass is 28.4. The van der Waals surface area contributed by atoms with E-state index in [1.54, 1.807) is 29.2 Å². The molecule has 0 bridgehead atoms. The number of amides is 3. The predicted octanol–water partition coefficient (Wildman–Crippen LogP) is 5.87. The van der Waals surface area contributed by atoms with Crippen LogP contribution in [0.4, 0.5) is 4.79 Å². The van der Waals surface area contributed by atoms with Gasteiger partial charge in [0, 0.05) is 19.1 Å². The molecule has 3 unspecified atom stereocenters. The monoisotopic (exact) mass is 514 g/mol. The summed E-state index contributed by atoms with van der Waals surface area (Å²) in [7, 11) is -2.05. The van der Waals surface area contributed by atoms with Crippen LogP contribution in [0, 0.1) is 5.92 Å². The molecule has 2 heterocycles. The minimum Gasteiger partial charge on any atom is -0.444 e. The molecule has 3 amide bonds.